The summed E-state index contributed by atoms with van der Waals surface area (Å²) >= 11 is 2.64. The van der Waals surface area contributed by atoms with E-state index in [1.807, 2.05) is 0 Å². The molecule has 0 saturated heterocycles. The number of methoxy groups -OCH3 is 1. The molecule has 1 aliphatic carbocycles. The van der Waals surface area contributed by atoms with Crippen LogP contribution in [0.1, 0.15) is 37.2 Å². The SMILES string of the molecule is COC(=O)CC1(CSc2sc([C@@H](C)O)cc2[N+](=O)[O-])CC1. The van der Waals surface area contributed by atoms with E-state index in [1.165, 1.54) is 36.3 Å². The summed E-state index contributed by atoms with van der Waals surface area (Å²) in [5.41, 5.74) is -0.0459. The minimum atomic E-state index is -0.715. The molecule has 0 aliphatic heterocycles. The Hall–Kier alpha value is -1.12. The summed E-state index contributed by atoms with van der Waals surface area (Å²) < 4.78 is 5.28. The topological polar surface area (TPSA) is 89.7 Å². The summed E-state index contributed by atoms with van der Waals surface area (Å²) in [4.78, 5) is 22.6. The second-order valence-electron chi connectivity index (χ2n) is 5.30. The average Bonchev–Trinajstić information content (AvgIpc) is 3.03. The number of carbonyl (C=O) groups excluding carboxylic acids is 1. The van der Waals surface area contributed by atoms with Crippen molar-refractivity contribution >= 4 is 34.8 Å². The molecule has 1 aromatic rings. The van der Waals surface area contributed by atoms with Crippen LogP contribution in [0.15, 0.2) is 10.3 Å². The Morgan fingerprint density at radius 3 is 2.81 bits per heavy atom. The number of rotatable bonds is 7. The Bertz CT molecular complexity index is 551. The van der Waals surface area contributed by atoms with Crippen LogP contribution < -0.4 is 0 Å². The largest absolute Gasteiger partial charge is 0.469 e. The standard InChI is InChI=1S/C13H17NO5S2/c1-8(15)10-5-9(14(17)18)12(21-10)20-7-13(3-4-13)6-11(16)19-2/h5,8,15H,3-4,6-7H2,1-2H3/t8-/m1/s1. The third-order valence-corrected chi connectivity index (χ3v) is 6.44. The number of aliphatic hydroxyl groups is 1. The highest BCUT2D eigenvalue weighted by Crippen LogP contribution is 2.53. The van der Waals surface area contributed by atoms with Gasteiger partial charge in [0.2, 0.25) is 0 Å². The van der Waals surface area contributed by atoms with Crippen molar-refractivity contribution in [3.05, 3.63) is 21.1 Å². The summed E-state index contributed by atoms with van der Waals surface area (Å²) in [6, 6.07) is 1.43. The molecule has 0 radical (unpaired) electrons. The molecule has 1 aliphatic rings. The van der Waals surface area contributed by atoms with Gasteiger partial charge in [-0.1, -0.05) is 0 Å². The van der Waals surface area contributed by atoms with E-state index in [4.69, 9.17) is 0 Å². The Labute approximate surface area is 130 Å². The number of ether oxygens (including phenoxy) is 1. The van der Waals surface area contributed by atoms with Gasteiger partial charge in [0, 0.05) is 16.7 Å². The number of thioether (sulfide) groups is 1. The first-order valence-corrected chi connectivity index (χ1v) is 8.33. The zero-order valence-corrected chi connectivity index (χ0v) is 13.5. The van der Waals surface area contributed by atoms with E-state index in [9.17, 15) is 20.0 Å². The lowest BCUT2D eigenvalue weighted by Gasteiger charge is -2.11. The van der Waals surface area contributed by atoms with Crippen LogP contribution in [0.4, 0.5) is 5.69 Å². The molecule has 0 spiro atoms. The average molecular weight is 331 g/mol. The van der Waals surface area contributed by atoms with Crippen molar-refractivity contribution in [3.8, 4) is 0 Å². The first kappa shape index (κ1) is 16.3. The van der Waals surface area contributed by atoms with E-state index in [1.54, 1.807) is 6.92 Å². The molecule has 1 saturated carbocycles. The second-order valence-corrected chi connectivity index (χ2v) is 7.62. The van der Waals surface area contributed by atoms with Gasteiger partial charge in [0.1, 0.15) is 4.21 Å². The van der Waals surface area contributed by atoms with Crippen LogP contribution in [0.3, 0.4) is 0 Å². The van der Waals surface area contributed by atoms with Gasteiger partial charge in [-0.15, -0.1) is 23.1 Å². The number of esters is 1. The van der Waals surface area contributed by atoms with Crippen molar-refractivity contribution in [2.45, 2.75) is 36.5 Å². The smallest absolute Gasteiger partial charge is 0.306 e. The minimum absolute atomic E-state index is 0.0368. The predicted octanol–water partition coefficient (Wildman–Crippen LogP) is 3.15. The first-order valence-electron chi connectivity index (χ1n) is 6.53. The lowest BCUT2D eigenvalue weighted by atomic mass is 10.1. The number of nitro groups is 1. The monoisotopic (exact) mass is 331 g/mol. The lowest BCUT2D eigenvalue weighted by molar-refractivity contribution is -0.387. The summed E-state index contributed by atoms with van der Waals surface area (Å²) in [5, 5.41) is 20.6. The number of aliphatic hydroxyl groups excluding tert-OH is 1. The molecule has 0 amide bonds. The maximum absolute atomic E-state index is 11.4. The van der Waals surface area contributed by atoms with Gasteiger partial charge >= 0.3 is 5.97 Å². The molecule has 21 heavy (non-hydrogen) atoms. The van der Waals surface area contributed by atoms with Crippen LogP contribution in [-0.2, 0) is 9.53 Å². The molecule has 116 valence electrons. The van der Waals surface area contributed by atoms with Crippen LogP contribution in [0, 0.1) is 15.5 Å². The summed E-state index contributed by atoms with van der Waals surface area (Å²) in [6.07, 6.45) is 1.53. The van der Waals surface area contributed by atoms with Crippen LogP contribution in [0.5, 0.6) is 0 Å². The zero-order valence-electron chi connectivity index (χ0n) is 11.8. The van der Waals surface area contributed by atoms with Gasteiger partial charge < -0.3 is 9.84 Å². The van der Waals surface area contributed by atoms with E-state index in [0.717, 1.165) is 12.8 Å². The lowest BCUT2D eigenvalue weighted by Crippen LogP contribution is -2.12. The van der Waals surface area contributed by atoms with Crippen molar-refractivity contribution in [2.75, 3.05) is 12.9 Å². The van der Waals surface area contributed by atoms with Crippen LogP contribution in [0.25, 0.3) is 0 Å². The summed E-state index contributed by atoms with van der Waals surface area (Å²) in [5.74, 6) is 0.418. The molecule has 1 aromatic heterocycles. The molecule has 0 unspecified atom stereocenters. The van der Waals surface area contributed by atoms with Gasteiger partial charge in [-0.05, 0) is 25.2 Å². The highest BCUT2D eigenvalue weighted by atomic mass is 32.2. The number of thiophene rings is 1. The fourth-order valence-corrected chi connectivity index (χ4v) is 4.57. The molecule has 1 N–H and O–H groups in total. The van der Waals surface area contributed by atoms with E-state index >= 15 is 0 Å². The number of nitrogens with zero attached hydrogens (tertiary/aromatic N) is 1. The molecule has 8 heteroatoms. The normalized spacial score (nSPS) is 17.3. The Morgan fingerprint density at radius 1 is 1.67 bits per heavy atom. The number of hydrogen-bond donors (Lipinski definition) is 1. The highest BCUT2D eigenvalue weighted by molar-refractivity contribution is 8.01. The van der Waals surface area contributed by atoms with Gasteiger partial charge in [0.15, 0.2) is 0 Å². The molecule has 0 aromatic carbocycles. The molecule has 6 nitrogen and oxygen atoms in total. The maximum Gasteiger partial charge on any atom is 0.306 e. The van der Waals surface area contributed by atoms with Crippen LogP contribution in [-0.4, -0.2) is 28.9 Å². The molecule has 0 bridgehead atoms. The van der Waals surface area contributed by atoms with Crippen LogP contribution in [0.2, 0.25) is 0 Å². The molecular weight excluding hydrogens is 314 g/mol. The molecule has 2 rings (SSSR count). The van der Waals surface area contributed by atoms with Crippen molar-refractivity contribution in [3.63, 3.8) is 0 Å². The van der Waals surface area contributed by atoms with Crippen molar-refractivity contribution in [1.82, 2.24) is 0 Å². The van der Waals surface area contributed by atoms with E-state index in [0.29, 0.717) is 21.3 Å². The minimum Gasteiger partial charge on any atom is -0.469 e. The Balaban J connectivity index is 2.06. The molecule has 1 atom stereocenters. The van der Waals surface area contributed by atoms with E-state index < -0.39 is 11.0 Å². The Morgan fingerprint density at radius 2 is 2.33 bits per heavy atom. The van der Waals surface area contributed by atoms with E-state index in [-0.39, 0.29) is 17.1 Å². The van der Waals surface area contributed by atoms with E-state index in [2.05, 4.69) is 4.74 Å². The fraction of sp³-hybridized carbons (Fsp3) is 0.615. The van der Waals surface area contributed by atoms with Gasteiger partial charge in [-0.2, -0.15) is 0 Å². The maximum atomic E-state index is 11.4. The third-order valence-electron chi connectivity index (χ3n) is 3.52. The molecular formula is C13H17NO5S2. The van der Waals surface area contributed by atoms with Crippen molar-refractivity contribution in [2.24, 2.45) is 5.41 Å². The Kier molecular flexibility index (Phi) is 4.90. The summed E-state index contributed by atoms with van der Waals surface area (Å²) in [7, 11) is 1.37. The van der Waals surface area contributed by atoms with Gasteiger partial charge in [-0.3, -0.25) is 14.9 Å². The quantitative estimate of drug-likeness (QED) is 0.357. The fourth-order valence-electron chi connectivity index (χ4n) is 1.96. The van der Waals surface area contributed by atoms with Gasteiger partial charge in [0.05, 0.1) is 24.6 Å². The zero-order chi connectivity index (χ0) is 15.6. The molecule has 1 fully saturated rings. The number of carbonyl (C=O) groups is 1. The number of hydrogen-bond acceptors (Lipinski definition) is 7. The van der Waals surface area contributed by atoms with Crippen LogP contribution >= 0.6 is 23.1 Å². The molecule has 1 heterocycles. The summed E-state index contributed by atoms with van der Waals surface area (Å²) in [6.45, 7) is 1.59. The van der Waals surface area contributed by atoms with Gasteiger partial charge in [-0.25, -0.2) is 0 Å². The third kappa shape index (κ3) is 3.96. The van der Waals surface area contributed by atoms with Crippen molar-refractivity contribution < 1.29 is 19.6 Å². The first-order chi connectivity index (χ1) is 9.87. The predicted molar refractivity (Wildman–Crippen MR) is 80.6 cm³/mol. The van der Waals surface area contributed by atoms with Crippen molar-refractivity contribution in [1.29, 1.82) is 0 Å². The second kappa shape index (κ2) is 6.33. The van der Waals surface area contributed by atoms with Gasteiger partial charge in [0.25, 0.3) is 5.69 Å². The highest BCUT2D eigenvalue weighted by Gasteiger charge is 2.45.